The van der Waals surface area contributed by atoms with Crippen LogP contribution in [0.5, 0.6) is 0 Å². The number of aryl methyl sites for hydroxylation is 2. The fourth-order valence-corrected chi connectivity index (χ4v) is 4.06. The Bertz CT molecular complexity index is 855. The van der Waals surface area contributed by atoms with Gasteiger partial charge in [-0.3, -0.25) is 14.7 Å². The molecule has 1 unspecified atom stereocenters. The van der Waals surface area contributed by atoms with Crippen LogP contribution in [0.3, 0.4) is 0 Å². The largest absolute Gasteiger partial charge is 0.448 e. The molecule has 144 valence electrons. The number of nitrogens with zero attached hydrogens (tertiary/aromatic N) is 4. The molecule has 1 aliphatic carbocycles. The van der Waals surface area contributed by atoms with Crippen LogP contribution in [-0.2, 0) is 24.2 Å². The first kappa shape index (κ1) is 17.8. The van der Waals surface area contributed by atoms with Gasteiger partial charge >= 0.3 is 0 Å². The smallest absolute Gasteiger partial charge is 0.275 e. The molecule has 2 aliphatic rings. The molecule has 1 N–H and O–H groups in total. The first-order valence-electron chi connectivity index (χ1n) is 9.54. The molecule has 4 rings (SSSR count). The minimum absolute atomic E-state index is 0.0641. The van der Waals surface area contributed by atoms with Crippen molar-refractivity contribution in [3.05, 3.63) is 34.8 Å². The summed E-state index contributed by atoms with van der Waals surface area (Å²) in [5.41, 5.74) is 3.78. The molecule has 2 aromatic rings. The minimum Gasteiger partial charge on any atom is -0.448 e. The number of hydrogen-bond acceptors (Lipinski definition) is 5. The molecule has 0 radical (unpaired) electrons. The lowest BCUT2D eigenvalue weighted by molar-refractivity contribution is -0.134. The number of carbonyl (C=O) groups excluding carboxylic acids is 2. The Kier molecular flexibility index (Phi) is 4.72. The highest BCUT2D eigenvalue weighted by atomic mass is 16.3. The van der Waals surface area contributed by atoms with Crippen molar-refractivity contribution in [2.75, 3.05) is 20.1 Å². The van der Waals surface area contributed by atoms with Crippen molar-refractivity contribution >= 4 is 11.8 Å². The molecular formula is C19H25N5O3. The normalized spacial score (nSPS) is 19.2. The quantitative estimate of drug-likeness (QED) is 0.883. The molecule has 2 amide bonds. The lowest BCUT2D eigenvalue weighted by Gasteiger charge is -2.21. The van der Waals surface area contributed by atoms with Gasteiger partial charge in [0.05, 0.1) is 18.2 Å². The van der Waals surface area contributed by atoms with E-state index in [9.17, 15) is 9.59 Å². The number of rotatable bonds is 4. The topological polar surface area (TPSA) is 95.3 Å². The standard InChI is InChI=1S/C19H25N5O3/c1-12-20-17(11-27-12)19(26)24-8-7-13(9-24)18(25)23(2)10-16-14-5-3-4-6-15(14)21-22-16/h11,13H,3-10H2,1-2H3,(H,21,22). The van der Waals surface area contributed by atoms with Gasteiger partial charge in [-0.2, -0.15) is 5.10 Å². The van der Waals surface area contributed by atoms with E-state index in [2.05, 4.69) is 15.2 Å². The number of aromatic nitrogens is 3. The maximum absolute atomic E-state index is 12.9. The first-order valence-corrected chi connectivity index (χ1v) is 9.54. The Morgan fingerprint density at radius 3 is 2.96 bits per heavy atom. The predicted molar refractivity (Wildman–Crippen MR) is 97.0 cm³/mol. The van der Waals surface area contributed by atoms with Gasteiger partial charge in [0.1, 0.15) is 6.26 Å². The highest BCUT2D eigenvalue weighted by molar-refractivity contribution is 5.93. The van der Waals surface area contributed by atoms with E-state index in [0.29, 0.717) is 37.6 Å². The second kappa shape index (κ2) is 7.17. The van der Waals surface area contributed by atoms with E-state index in [0.717, 1.165) is 18.5 Å². The van der Waals surface area contributed by atoms with E-state index in [4.69, 9.17) is 4.42 Å². The highest BCUT2D eigenvalue weighted by Crippen LogP contribution is 2.25. The van der Waals surface area contributed by atoms with Crippen LogP contribution in [0.15, 0.2) is 10.7 Å². The number of aromatic amines is 1. The number of likely N-dealkylation sites (tertiary alicyclic amines) is 1. The maximum atomic E-state index is 12.9. The molecule has 27 heavy (non-hydrogen) atoms. The number of H-pyrrole nitrogens is 1. The Morgan fingerprint density at radius 1 is 1.37 bits per heavy atom. The van der Waals surface area contributed by atoms with E-state index in [-0.39, 0.29) is 17.7 Å². The summed E-state index contributed by atoms with van der Waals surface area (Å²) in [5, 5.41) is 7.56. The third-order valence-electron chi connectivity index (χ3n) is 5.57. The van der Waals surface area contributed by atoms with Crippen LogP contribution in [0.25, 0.3) is 0 Å². The average molecular weight is 371 g/mol. The second-order valence-electron chi connectivity index (χ2n) is 7.52. The van der Waals surface area contributed by atoms with Gasteiger partial charge in [-0.05, 0) is 37.7 Å². The van der Waals surface area contributed by atoms with Crippen LogP contribution in [0, 0.1) is 12.8 Å². The highest BCUT2D eigenvalue weighted by Gasteiger charge is 2.34. The molecule has 8 heteroatoms. The fraction of sp³-hybridized carbons (Fsp3) is 0.579. The third kappa shape index (κ3) is 3.48. The Morgan fingerprint density at radius 2 is 2.19 bits per heavy atom. The number of hydrogen-bond donors (Lipinski definition) is 1. The molecule has 2 aromatic heterocycles. The molecule has 8 nitrogen and oxygen atoms in total. The molecule has 1 aliphatic heterocycles. The SMILES string of the molecule is Cc1nc(C(=O)N2CCC(C(=O)N(C)Cc3n[nH]c4c3CCCC4)C2)co1. The van der Waals surface area contributed by atoms with Gasteiger partial charge in [-0.25, -0.2) is 4.98 Å². The van der Waals surface area contributed by atoms with Crippen LogP contribution >= 0.6 is 0 Å². The van der Waals surface area contributed by atoms with Gasteiger partial charge in [0.25, 0.3) is 5.91 Å². The zero-order valence-corrected chi connectivity index (χ0v) is 15.8. The summed E-state index contributed by atoms with van der Waals surface area (Å²) < 4.78 is 5.12. The van der Waals surface area contributed by atoms with Crippen molar-refractivity contribution in [3.8, 4) is 0 Å². The van der Waals surface area contributed by atoms with Crippen LogP contribution in [0.4, 0.5) is 0 Å². The number of carbonyl (C=O) groups is 2. The maximum Gasteiger partial charge on any atom is 0.275 e. The number of oxazole rings is 1. The number of amides is 2. The lowest BCUT2D eigenvalue weighted by Crippen LogP contribution is -2.36. The number of fused-ring (bicyclic) bond motifs is 1. The predicted octanol–water partition coefficient (Wildman–Crippen LogP) is 1.71. The zero-order valence-electron chi connectivity index (χ0n) is 15.8. The van der Waals surface area contributed by atoms with Gasteiger partial charge in [-0.1, -0.05) is 0 Å². The van der Waals surface area contributed by atoms with Crippen LogP contribution < -0.4 is 0 Å². The molecule has 0 aromatic carbocycles. The molecule has 3 heterocycles. The van der Waals surface area contributed by atoms with Gasteiger partial charge in [0.15, 0.2) is 11.6 Å². The second-order valence-corrected chi connectivity index (χ2v) is 7.52. The summed E-state index contributed by atoms with van der Waals surface area (Å²) >= 11 is 0. The zero-order chi connectivity index (χ0) is 19.0. The molecule has 0 saturated carbocycles. The Labute approximate surface area is 157 Å². The van der Waals surface area contributed by atoms with Crippen molar-refractivity contribution in [1.82, 2.24) is 25.0 Å². The van der Waals surface area contributed by atoms with Crippen molar-refractivity contribution in [1.29, 1.82) is 0 Å². The van der Waals surface area contributed by atoms with Crippen LogP contribution in [-0.4, -0.2) is 56.9 Å². The van der Waals surface area contributed by atoms with Crippen molar-refractivity contribution in [2.24, 2.45) is 5.92 Å². The summed E-state index contributed by atoms with van der Waals surface area (Å²) in [6, 6.07) is 0. The van der Waals surface area contributed by atoms with Gasteiger partial charge < -0.3 is 14.2 Å². The first-order chi connectivity index (χ1) is 13.0. The van der Waals surface area contributed by atoms with Crippen molar-refractivity contribution in [2.45, 2.75) is 45.6 Å². The average Bonchev–Trinajstić information content (AvgIpc) is 3.40. The van der Waals surface area contributed by atoms with Crippen molar-refractivity contribution in [3.63, 3.8) is 0 Å². The Balaban J connectivity index is 1.37. The molecule has 0 bridgehead atoms. The summed E-state index contributed by atoms with van der Waals surface area (Å²) in [4.78, 5) is 32.9. The van der Waals surface area contributed by atoms with E-state index >= 15 is 0 Å². The third-order valence-corrected chi connectivity index (χ3v) is 5.57. The molecule has 1 atom stereocenters. The van der Waals surface area contributed by atoms with Crippen molar-refractivity contribution < 1.29 is 14.0 Å². The summed E-state index contributed by atoms with van der Waals surface area (Å²) in [6.45, 7) is 3.20. The molecule has 0 spiro atoms. The summed E-state index contributed by atoms with van der Waals surface area (Å²) in [6.07, 6.45) is 6.50. The fourth-order valence-electron chi connectivity index (χ4n) is 4.06. The van der Waals surface area contributed by atoms with Gasteiger partial charge in [-0.15, -0.1) is 0 Å². The monoisotopic (exact) mass is 371 g/mol. The number of nitrogens with one attached hydrogen (secondary N) is 1. The van der Waals surface area contributed by atoms with Crippen LogP contribution in [0.1, 0.15) is 52.6 Å². The van der Waals surface area contributed by atoms with Gasteiger partial charge in [0, 0.05) is 32.8 Å². The van der Waals surface area contributed by atoms with E-state index in [1.807, 2.05) is 7.05 Å². The van der Waals surface area contributed by atoms with E-state index in [1.165, 1.54) is 30.4 Å². The van der Waals surface area contributed by atoms with E-state index < -0.39 is 0 Å². The molecule has 1 fully saturated rings. The Hall–Kier alpha value is -2.64. The minimum atomic E-state index is -0.179. The summed E-state index contributed by atoms with van der Waals surface area (Å²) in [7, 11) is 1.82. The lowest BCUT2D eigenvalue weighted by atomic mass is 9.96. The van der Waals surface area contributed by atoms with Gasteiger partial charge in [0.2, 0.25) is 5.91 Å². The van der Waals surface area contributed by atoms with E-state index in [1.54, 1.807) is 16.7 Å². The summed E-state index contributed by atoms with van der Waals surface area (Å²) in [5.74, 6) is 0.175. The molecule has 1 saturated heterocycles. The molecular weight excluding hydrogens is 346 g/mol. The van der Waals surface area contributed by atoms with Crippen LogP contribution in [0.2, 0.25) is 0 Å².